The Labute approximate surface area is 123 Å². The summed E-state index contributed by atoms with van der Waals surface area (Å²) in [5.41, 5.74) is 10.5. The molecular formula is C17H18FN3. The van der Waals surface area contributed by atoms with E-state index in [0.29, 0.717) is 6.54 Å². The van der Waals surface area contributed by atoms with Crippen LogP contribution in [0.3, 0.4) is 0 Å². The molecule has 0 saturated carbocycles. The Morgan fingerprint density at radius 3 is 2.71 bits per heavy atom. The first-order chi connectivity index (χ1) is 10.1. The zero-order valence-corrected chi connectivity index (χ0v) is 12.2. The number of nitrogens with two attached hydrogens (primary N) is 1. The molecule has 0 aliphatic carbocycles. The van der Waals surface area contributed by atoms with E-state index in [9.17, 15) is 4.39 Å². The Hall–Kier alpha value is -2.20. The van der Waals surface area contributed by atoms with Crippen molar-refractivity contribution in [2.45, 2.75) is 26.9 Å². The number of nitrogens with zero attached hydrogens (tertiary/aromatic N) is 2. The molecule has 2 aromatic carbocycles. The van der Waals surface area contributed by atoms with Gasteiger partial charge in [-0.3, -0.25) is 0 Å². The largest absolute Gasteiger partial charge is 0.326 e. The van der Waals surface area contributed by atoms with Crippen LogP contribution >= 0.6 is 0 Å². The van der Waals surface area contributed by atoms with Crippen LogP contribution in [0, 0.1) is 12.7 Å². The zero-order valence-electron chi connectivity index (χ0n) is 12.2. The van der Waals surface area contributed by atoms with Crippen molar-refractivity contribution in [2.75, 3.05) is 0 Å². The molecule has 0 amide bonds. The SMILES string of the molecule is CCn1c(-c2cc(F)ccc2C)nc2cc(CN)ccc21. The van der Waals surface area contributed by atoms with Crippen LogP contribution in [0.2, 0.25) is 0 Å². The number of benzene rings is 2. The normalized spacial score (nSPS) is 11.2. The van der Waals surface area contributed by atoms with E-state index in [1.807, 2.05) is 25.1 Å². The number of hydrogen-bond donors (Lipinski definition) is 1. The second-order valence-corrected chi connectivity index (χ2v) is 5.17. The van der Waals surface area contributed by atoms with Crippen molar-refractivity contribution in [3.05, 3.63) is 53.3 Å². The highest BCUT2D eigenvalue weighted by Gasteiger charge is 2.14. The van der Waals surface area contributed by atoms with Gasteiger partial charge in [-0.2, -0.15) is 0 Å². The van der Waals surface area contributed by atoms with Crippen molar-refractivity contribution >= 4 is 11.0 Å². The Morgan fingerprint density at radius 2 is 2.00 bits per heavy atom. The summed E-state index contributed by atoms with van der Waals surface area (Å²) in [5, 5.41) is 0. The quantitative estimate of drug-likeness (QED) is 0.797. The minimum absolute atomic E-state index is 0.243. The summed E-state index contributed by atoms with van der Waals surface area (Å²) in [7, 11) is 0. The molecule has 0 unspecified atom stereocenters. The summed E-state index contributed by atoms with van der Waals surface area (Å²) in [6.07, 6.45) is 0. The summed E-state index contributed by atoms with van der Waals surface area (Å²) in [6, 6.07) is 10.9. The van der Waals surface area contributed by atoms with Crippen molar-refractivity contribution in [2.24, 2.45) is 5.73 Å². The minimum Gasteiger partial charge on any atom is -0.326 e. The first kappa shape index (κ1) is 13.8. The van der Waals surface area contributed by atoms with E-state index in [4.69, 9.17) is 10.7 Å². The van der Waals surface area contributed by atoms with Crippen LogP contribution in [0.4, 0.5) is 4.39 Å². The van der Waals surface area contributed by atoms with Gasteiger partial charge in [0.05, 0.1) is 11.0 Å². The van der Waals surface area contributed by atoms with Crippen molar-refractivity contribution in [3.8, 4) is 11.4 Å². The maximum absolute atomic E-state index is 13.6. The highest BCUT2D eigenvalue weighted by Crippen LogP contribution is 2.28. The van der Waals surface area contributed by atoms with Gasteiger partial charge in [0.2, 0.25) is 0 Å². The Bertz CT molecular complexity index is 805. The summed E-state index contributed by atoms with van der Waals surface area (Å²) in [4.78, 5) is 4.71. The fourth-order valence-corrected chi connectivity index (χ4v) is 2.66. The van der Waals surface area contributed by atoms with Gasteiger partial charge in [0.1, 0.15) is 11.6 Å². The molecule has 3 rings (SSSR count). The third-order valence-corrected chi connectivity index (χ3v) is 3.81. The van der Waals surface area contributed by atoms with Crippen LogP contribution in [0.25, 0.3) is 22.4 Å². The topological polar surface area (TPSA) is 43.8 Å². The molecule has 4 heteroatoms. The van der Waals surface area contributed by atoms with Gasteiger partial charge in [-0.25, -0.2) is 9.37 Å². The highest BCUT2D eigenvalue weighted by molar-refractivity contribution is 5.82. The van der Waals surface area contributed by atoms with Gasteiger partial charge in [0, 0.05) is 18.7 Å². The monoisotopic (exact) mass is 283 g/mol. The molecule has 0 spiro atoms. The van der Waals surface area contributed by atoms with Gasteiger partial charge in [-0.05, 0) is 49.2 Å². The Morgan fingerprint density at radius 1 is 1.19 bits per heavy atom. The third kappa shape index (κ3) is 2.32. The summed E-state index contributed by atoms with van der Waals surface area (Å²) in [6.45, 7) is 5.31. The number of hydrogen-bond acceptors (Lipinski definition) is 2. The number of fused-ring (bicyclic) bond motifs is 1. The van der Waals surface area contributed by atoms with Crippen LogP contribution in [0.1, 0.15) is 18.1 Å². The molecule has 0 bridgehead atoms. The maximum Gasteiger partial charge on any atom is 0.141 e. The molecule has 0 saturated heterocycles. The van der Waals surface area contributed by atoms with Gasteiger partial charge in [0.15, 0.2) is 0 Å². The highest BCUT2D eigenvalue weighted by atomic mass is 19.1. The molecule has 0 fully saturated rings. The first-order valence-electron chi connectivity index (χ1n) is 7.09. The maximum atomic E-state index is 13.6. The molecule has 108 valence electrons. The van der Waals surface area contributed by atoms with E-state index in [0.717, 1.165) is 40.1 Å². The number of halogens is 1. The van der Waals surface area contributed by atoms with Crippen LogP contribution < -0.4 is 5.73 Å². The van der Waals surface area contributed by atoms with Crippen molar-refractivity contribution in [1.29, 1.82) is 0 Å². The molecule has 21 heavy (non-hydrogen) atoms. The van der Waals surface area contributed by atoms with Gasteiger partial charge in [0.25, 0.3) is 0 Å². The van der Waals surface area contributed by atoms with E-state index in [2.05, 4.69) is 11.5 Å². The average molecular weight is 283 g/mol. The number of rotatable bonds is 3. The average Bonchev–Trinajstić information content (AvgIpc) is 2.86. The lowest BCUT2D eigenvalue weighted by Crippen LogP contribution is -1.99. The van der Waals surface area contributed by atoms with Gasteiger partial charge in [-0.15, -0.1) is 0 Å². The summed E-state index contributed by atoms with van der Waals surface area (Å²) in [5.74, 6) is 0.562. The first-order valence-corrected chi connectivity index (χ1v) is 7.09. The minimum atomic E-state index is -0.243. The van der Waals surface area contributed by atoms with Crippen LogP contribution in [-0.4, -0.2) is 9.55 Å². The second-order valence-electron chi connectivity index (χ2n) is 5.17. The van der Waals surface area contributed by atoms with E-state index in [1.54, 1.807) is 12.1 Å². The summed E-state index contributed by atoms with van der Waals surface area (Å²) < 4.78 is 15.7. The van der Waals surface area contributed by atoms with E-state index < -0.39 is 0 Å². The predicted molar refractivity (Wildman–Crippen MR) is 83.4 cm³/mol. The lowest BCUT2D eigenvalue weighted by Gasteiger charge is -2.09. The van der Waals surface area contributed by atoms with Gasteiger partial charge < -0.3 is 10.3 Å². The van der Waals surface area contributed by atoms with Crippen LogP contribution in [-0.2, 0) is 13.1 Å². The molecule has 0 aliphatic heterocycles. The van der Waals surface area contributed by atoms with E-state index >= 15 is 0 Å². The molecule has 2 N–H and O–H groups in total. The Balaban J connectivity index is 2.29. The zero-order chi connectivity index (χ0) is 15.0. The van der Waals surface area contributed by atoms with E-state index in [1.165, 1.54) is 6.07 Å². The fourth-order valence-electron chi connectivity index (χ4n) is 2.66. The Kier molecular flexibility index (Phi) is 3.47. The lowest BCUT2D eigenvalue weighted by atomic mass is 10.1. The van der Waals surface area contributed by atoms with Gasteiger partial charge >= 0.3 is 0 Å². The lowest BCUT2D eigenvalue weighted by molar-refractivity contribution is 0.627. The molecular weight excluding hydrogens is 265 g/mol. The number of aromatic nitrogens is 2. The molecule has 0 radical (unpaired) electrons. The fraction of sp³-hybridized carbons (Fsp3) is 0.235. The van der Waals surface area contributed by atoms with E-state index in [-0.39, 0.29) is 5.82 Å². The molecule has 0 atom stereocenters. The molecule has 1 heterocycles. The summed E-state index contributed by atoms with van der Waals surface area (Å²) >= 11 is 0. The number of imidazole rings is 1. The molecule has 0 aliphatic rings. The standard InChI is InChI=1S/C17H18FN3/c1-3-21-16-7-5-12(10-19)8-15(16)20-17(21)14-9-13(18)6-4-11(14)2/h4-9H,3,10,19H2,1-2H3. The molecule has 3 aromatic rings. The van der Waals surface area contributed by atoms with Crippen molar-refractivity contribution in [1.82, 2.24) is 9.55 Å². The van der Waals surface area contributed by atoms with Crippen molar-refractivity contribution < 1.29 is 4.39 Å². The third-order valence-electron chi connectivity index (χ3n) is 3.81. The molecule has 3 nitrogen and oxygen atoms in total. The van der Waals surface area contributed by atoms with Crippen molar-refractivity contribution in [3.63, 3.8) is 0 Å². The van der Waals surface area contributed by atoms with Crippen LogP contribution in [0.5, 0.6) is 0 Å². The second kappa shape index (κ2) is 5.30. The predicted octanol–water partition coefficient (Wildman–Crippen LogP) is 3.63. The molecule has 1 aromatic heterocycles. The van der Waals surface area contributed by atoms with Crippen LogP contribution in [0.15, 0.2) is 36.4 Å². The van der Waals surface area contributed by atoms with Gasteiger partial charge in [-0.1, -0.05) is 12.1 Å². The smallest absolute Gasteiger partial charge is 0.141 e. The number of aryl methyl sites for hydroxylation is 2.